The largest absolute Gasteiger partial charge is 0.492 e. The van der Waals surface area contributed by atoms with Crippen molar-refractivity contribution < 1.29 is 47.7 Å². The van der Waals surface area contributed by atoms with Crippen LogP contribution in [-0.4, -0.2) is 127 Å². The first-order chi connectivity index (χ1) is 26.3. The first kappa shape index (κ1) is 40.3. The number of amides is 4. The Morgan fingerprint density at radius 1 is 1.05 bits per heavy atom. The lowest BCUT2D eigenvalue weighted by atomic mass is 10.0. The fourth-order valence-electron chi connectivity index (χ4n) is 7.77. The number of alkyl carbamates (subject to hydrolysis) is 1. The molecule has 55 heavy (non-hydrogen) atoms. The minimum absolute atomic E-state index is 0.0177. The number of fused-ring (bicyclic) bond motifs is 3. The fourth-order valence-corrected chi connectivity index (χ4v) is 7.77. The Labute approximate surface area is 323 Å². The van der Waals surface area contributed by atoms with Crippen molar-refractivity contribution in [3.8, 4) is 5.75 Å². The Balaban J connectivity index is 1.15. The van der Waals surface area contributed by atoms with Gasteiger partial charge in [0.1, 0.15) is 41.7 Å². The number of carbonyl (C=O) groups excluding carboxylic acids is 5. The van der Waals surface area contributed by atoms with Crippen LogP contribution in [0.5, 0.6) is 5.75 Å². The number of morpholine rings is 1. The average Bonchev–Trinajstić information content (AvgIpc) is 3.43. The zero-order valence-electron chi connectivity index (χ0n) is 32.6. The number of benzene rings is 1. The van der Waals surface area contributed by atoms with Crippen LogP contribution < -0.4 is 15.4 Å². The average molecular weight is 768 g/mol. The highest BCUT2D eigenvalue weighted by atomic mass is 16.6. The molecule has 302 valence electrons. The molecule has 0 spiro atoms. The van der Waals surface area contributed by atoms with Gasteiger partial charge in [-0.25, -0.2) is 14.4 Å². The van der Waals surface area contributed by atoms with Gasteiger partial charge in [-0.3, -0.25) is 19.4 Å². The second-order valence-corrected chi connectivity index (χ2v) is 16.1. The van der Waals surface area contributed by atoms with Crippen molar-refractivity contribution in [2.75, 3.05) is 52.6 Å². The topological polar surface area (TPSA) is 165 Å². The standard InChI is InChI=1S/C40H57N5O10/c1-5-52-36(48)40-23-29(40)11-9-7-6-8-10-12-32(41-37(49)55-39(2,3)4)35(47)45-26-31(22-33(45)34(46)42-40)54-38(50)44-24-27-13-14-30(21-28(27)25-44)53-20-17-43-15-18-51-19-16-43/h9,11,13-14,21,29,31-33H,5-8,10,12,15-20,22-26H2,1-4H3,(H,41,49)(H,42,46)/b11-9-/t29-,31+,32-,33-,40+/m0/s1. The van der Waals surface area contributed by atoms with E-state index in [1.165, 1.54) is 4.90 Å². The van der Waals surface area contributed by atoms with Crippen LogP contribution >= 0.6 is 0 Å². The zero-order valence-corrected chi connectivity index (χ0v) is 32.6. The van der Waals surface area contributed by atoms with Gasteiger partial charge in [-0.1, -0.05) is 31.1 Å². The molecule has 5 atom stereocenters. The zero-order chi connectivity index (χ0) is 39.2. The summed E-state index contributed by atoms with van der Waals surface area (Å²) >= 11 is 0. The Hall–Kier alpha value is -4.37. The number of nitrogens with one attached hydrogen (secondary N) is 2. The molecule has 1 aliphatic carbocycles. The molecule has 2 N–H and O–H groups in total. The van der Waals surface area contributed by atoms with Gasteiger partial charge in [-0.05, 0) is 76.6 Å². The van der Waals surface area contributed by atoms with E-state index in [1.807, 2.05) is 30.4 Å². The molecule has 5 aliphatic rings. The predicted octanol–water partition coefficient (Wildman–Crippen LogP) is 3.67. The van der Waals surface area contributed by atoms with Gasteiger partial charge in [0.2, 0.25) is 11.8 Å². The van der Waals surface area contributed by atoms with E-state index in [0.29, 0.717) is 39.0 Å². The van der Waals surface area contributed by atoms with Crippen molar-refractivity contribution in [1.29, 1.82) is 0 Å². The Bertz CT molecular complexity index is 1610. The van der Waals surface area contributed by atoms with Crippen LogP contribution in [0.25, 0.3) is 0 Å². The molecule has 4 heterocycles. The second kappa shape index (κ2) is 17.6. The highest BCUT2D eigenvalue weighted by Gasteiger charge is 2.62. The van der Waals surface area contributed by atoms with E-state index in [-0.39, 0.29) is 25.5 Å². The first-order valence-corrected chi connectivity index (χ1v) is 19.8. The van der Waals surface area contributed by atoms with Crippen LogP contribution in [0.2, 0.25) is 0 Å². The van der Waals surface area contributed by atoms with E-state index < -0.39 is 59.3 Å². The van der Waals surface area contributed by atoms with Gasteiger partial charge in [-0.2, -0.15) is 0 Å². The van der Waals surface area contributed by atoms with Gasteiger partial charge >= 0.3 is 18.2 Å². The molecule has 4 aliphatic heterocycles. The van der Waals surface area contributed by atoms with Gasteiger partial charge in [0.15, 0.2) is 0 Å². The normalized spacial score (nSPS) is 28.0. The van der Waals surface area contributed by atoms with Crippen molar-refractivity contribution in [3.63, 3.8) is 0 Å². The van der Waals surface area contributed by atoms with E-state index in [2.05, 4.69) is 15.5 Å². The number of esters is 1. The molecule has 15 heteroatoms. The van der Waals surface area contributed by atoms with Gasteiger partial charge in [0.05, 0.1) is 26.4 Å². The third kappa shape index (κ3) is 10.3. The molecule has 1 aromatic carbocycles. The number of nitrogens with zero attached hydrogens (tertiary/aromatic N) is 3. The van der Waals surface area contributed by atoms with Crippen LogP contribution in [0.4, 0.5) is 9.59 Å². The summed E-state index contributed by atoms with van der Waals surface area (Å²) in [5.41, 5.74) is -0.0837. The Morgan fingerprint density at radius 2 is 1.84 bits per heavy atom. The number of allylic oxidation sites excluding steroid dienone is 1. The van der Waals surface area contributed by atoms with Crippen LogP contribution in [0, 0.1) is 5.92 Å². The summed E-state index contributed by atoms with van der Waals surface area (Å²) in [6.45, 7) is 12.3. The molecule has 3 fully saturated rings. The second-order valence-electron chi connectivity index (χ2n) is 16.1. The lowest BCUT2D eigenvalue weighted by Gasteiger charge is -2.30. The van der Waals surface area contributed by atoms with E-state index in [1.54, 1.807) is 32.6 Å². The third-order valence-corrected chi connectivity index (χ3v) is 10.8. The maximum atomic E-state index is 14.4. The van der Waals surface area contributed by atoms with Crippen LogP contribution in [0.15, 0.2) is 30.4 Å². The number of hydrogen-bond donors (Lipinski definition) is 2. The van der Waals surface area contributed by atoms with Crippen molar-refractivity contribution in [2.24, 2.45) is 5.92 Å². The molecular weight excluding hydrogens is 710 g/mol. The first-order valence-electron chi connectivity index (χ1n) is 19.8. The summed E-state index contributed by atoms with van der Waals surface area (Å²) in [7, 11) is 0. The monoisotopic (exact) mass is 767 g/mol. The van der Waals surface area contributed by atoms with Crippen molar-refractivity contribution in [2.45, 2.75) is 115 Å². The molecule has 2 saturated heterocycles. The quantitative estimate of drug-likeness (QED) is 0.225. The van der Waals surface area contributed by atoms with Gasteiger partial charge in [0, 0.05) is 45.1 Å². The number of rotatable bonds is 8. The predicted molar refractivity (Wildman–Crippen MR) is 200 cm³/mol. The molecule has 1 saturated carbocycles. The molecule has 6 rings (SSSR count). The highest BCUT2D eigenvalue weighted by Crippen LogP contribution is 2.46. The summed E-state index contributed by atoms with van der Waals surface area (Å²) in [6.07, 6.45) is 5.67. The van der Waals surface area contributed by atoms with Gasteiger partial charge in [-0.15, -0.1) is 0 Å². The van der Waals surface area contributed by atoms with E-state index >= 15 is 0 Å². The Kier molecular flexibility index (Phi) is 12.9. The number of hydrogen-bond acceptors (Lipinski definition) is 11. The molecule has 0 unspecified atom stereocenters. The lowest BCUT2D eigenvalue weighted by molar-refractivity contribution is -0.150. The van der Waals surface area contributed by atoms with Crippen LogP contribution in [-0.2, 0) is 46.4 Å². The lowest BCUT2D eigenvalue weighted by Crippen LogP contribution is -2.56. The summed E-state index contributed by atoms with van der Waals surface area (Å²) in [5, 5.41) is 5.68. The molecular formula is C40H57N5O10. The van der Waals surface area contributed by atoms with Gasteiger partial charge in [0.25, 0.3) is 0 Å². The molecule has 0 radical (unpaired) electrons. The maximum absolute atomic E-state index is 14.4. The molecule has 4 amide bonds. The minimum Gasteiger partial charge on any atom is -0.492 e. The molecule has 15 nitrogen and oxygen atoms in total. The van der Waals surface area contributed by atoms with Gasteiger partial charge < -0.3 is 39.2 Å². The minimum atomic E-state index is -1.24. The van der Waals surface area contributed by atoms with Crippen molar-refractivity contribution in [1.82, 2.24) is 25.3 Å². The number of carbonyl (C=O) groups is 5. The summed E-state index contributed by atoms with van der Waals surface area (Å²) in [6, 6.07) is 3.77. The molecule has 1 aromatic rings. The maximum Gasteiger partial charge on any atom is 0.410 e. The van der Waals surface area contributed by atoms with E-state index in [9.17, 15) is 24.0 Å². The highest BCUT2D eigenvalue weighted by molar-refractivity contribution is 5.96. The smallest absolute Gasteiger partial charge is 0.410 e. The SMILES string of the molecule is CCOC(=O)[C@@]12C[C@@H]1/C=C\CCCCC[C@H](NC(=O)OC(C)(C)C)C(=O)N1C[C@H](OC(=O)N3Cc4ccc(OCCN5CCOCC5)cc4C3)C[C@H]1C(=O)N2. The van der Waals surface area contributed by atoms with E-state index in [4.69, 9.17) is 23.7 Å². The number of ether oxygens (including phenoxy) is 5. The molecule has 0 aromatic heterocycles. The third-order valence-electron chi connectivity index (χ3n) is 10.8. The summed E-state index contributed by atoms with van der Waals surface area (Å²) in [4.78, 5) is 73.6. The van der Waals surface area contributed by atoms with Crippen LogP contribution in [0.1, 0.15) is 83.8 Å². The van der Waals surface area contributed by atoms with Crippen molar-refractivity contribution >= 4 is 30.0 Å². The summed E-state index contributed by atoms with van der Waals surface area (Å²) in [5.74, 6) is -1.06. The Morgan fingerprint density at radius 3 is 2.60 bits per heavy atom. The fraction of sp³-hybridized carbons (Fsp3) is 0.675. The van der Waals surface area contributed by atoms with E-state index in [0.717, 1.165) is 69.0 Å². The van der Waals surface area contributed by atoms with Crippen LogP contribution in [0.3, 0.4) is 0 Å². The summed E-state index contributed by atoms with van der Waals surface area (Å²) < 4.78 is 28.3. The molecule has 0 bridgehead atoms. The van der Waals surface area contributed by atoms with Crippen molar-refractivity contribution in [3.05, 3.63) is 41.5 Å².